The van der Waals surface area contributed by atoms with Crippen molar-refractivity contribution in [3.63, 3.8) is 0 Å². The third-order valence-electron chi connectivity index (χ3n) is 4.27. The monoisotopic (exact) mass is 302 g/mol. The van der Waals surface area contributed by atoms with Gasteiger partial charge in [0.2, 0.25) is 0 Å². The van der Waals surface area contributed by atoms with Gasteiger partial charge in [0.15, 0.2) is 11.9 Å². The normalized spacial score (nSPS) is 24.4. The molecule has 2 heterocycles. The van der Waals surface area contributed by atoms with E-state index in [2.05, 4.69) is 10.6 Å². The van der Waals surface area contributed by atoms with E-state index in [1.165, 1.54) is 0 Å². The molecule has 3 rings (SSSR count). The van der Waals surface area contributed by atoms with Crippen molar-refractivity contribution in [2.45, 2.75) is 45.3 Å². The van der Waals surface area contributed by atoms with Crippen molar-refractivity contribution in [3.8, 4) is 5.75 Å². The van der Waals surface area contributed by atoms with E-state index in [1.54, 1.807) is 18.2 Å². The van der Waals surface area contributed by atoms with Crippen LogP contribution in [0, 0.1) is 5.92 Å². The molecule has 5 nitrogen and oxygen atoms in total. The molecule has 22 heavy (non-hydrogen) atoms. The second-order valence-corrected chi connectivity index (χ2v) is 6.35. The molecule has 0 aromatic heterocycles. The van der Waals surface area contributed by atoms with E-state index in [0.29, 0.717) is 17.0 Å². The number of piperidine rings is 1. The van der Waals surface area contributed by atoms with Gasteiger partial charge in [-0.15, -0.1) is 0 Å². The van der Waals surface area contributed by atoms with Crippen molar-refractivity contribution in [2.75, 3.05) is 11.9 Å². The number of amides is 1. The molecule has 1 amide bonds. The van der Waals surface area contributed by atoms with Gasteiger partial charge in [-0.1, -0.05) is 20.3 Å². The van der Waals surface area contributed by atoms with E-state index in [9.17, 15) is 9.59 Å². The summed E-state index contributed by atoms with van der Waals surface area (Å²) in [7, 11) is 0. The zero-order valence-electron chi connectivity index (χ0n) is 13.0. The van der Waals surface area contributed by atoms with Gasteiger partial charge in [-0.25, -0.2) is 0 Å². The summed E-state index contributed by atoms with van der Waals surface area (Å²) in [6.45, 7) is 4.78. The van der Waals surface area contributed by atoms with Gasteiger partial charge in [-0.2, -0.15) is 0 Å². The van der Waals surface area contributed by atoms with Crippen LogP contribution >= 0.6 is 0 Å². The Balaban J connectivity index is 1.81. The molecule has 0 bridgehead atoms. The SMILES string of the molecule is CC(C)C1Oc2ccc(C(=O)C3CCCCN3)cc2NC1=O. The van der Waals surface area contributed by atoms with Crippen molar-refractivity contribution in [1.82, 2.24) is 5.32 Å². The summed E-state index contributed by atoms with van der Waals surface area (Å²) in [4.78, 5) is 24.6. The summed E-state index contributed by atoms with van der Waals surface area (Å²) in [5.74, 6) is 0.665. The fourth-order valence-corrected chi connectivity index (χ4v) is 2.99. The number of carbonyl (C=O) groups excluding carboxylic acids is 2. The molecule has 0 aliphatic carbocycles. The molecule has 2 aliphatic heterocycles. The second-order valence-electron chi connectivity index (χ2n) is 6.35. The van der Waals surface area contributed by atoms with Crippen LogP contribution in [0.4, 0.5) is 5.69 Å². The van der Waals surface area contributed by atoms with Crippen molar-refractivity contribution in [2.24, 2.45) is 5.92 Å². The molecule has 1 fully saturated rings. The fraction of sp³-hybridized carbons (Fsp3) is 0.529. The number of hydrogen-bond acceptors (Lipinski definition) is 4. The molecule has 2 atom stereocenters. The summed E-state index contributed by atoms with van der Waals surface area (Å²) in [5, 5.41) is 6.11. The van der Waals surface area contributed by atoms with E-state index in [-0.39, 0.29) is 23.7 Å². The quantitative estimate of drug-likeness (QED) is 0.841. The lowest BCUT2D eigenvalue weighted by atomic mass is 9.95. The zero-order valence-corrected chi connectivity index (χ0v) is 13.0. The van der Waals surface area contributed by atoms with Crippen molar-refractivity contribution in [3.05, 3.63) is 23.8 Å². The minimum Gasteiger partial charge on any atom is -0.478 e. The number of Topliss-reactive ketones (excluding diaryl/α,β-unsaturated/α-hetero) is 1. The molecular formula is C17H22N2O3. The fourth-order valence-electron chi connectivity index (χ4n) is 2.99. The molecule has 118 valence electrons. The summed E-state index contributed by atoms with van der Waals surface area (Å²) in [5.41, 5.74) is 1.20. The van der Waals surface area contributed by atoms with Crippen LogP contribution in [-0.4, -0.2) is 30.4 Å². The average Bonchev–Trinajstić information content (AvgIpc) is 2.53. The van der Waals surface area contributed by atoms with Gasteiger partial charge >= 0.3 is 0 Å². The number of fused-ring (bicyclic) bond motifs is 1. The molecule has 2 aliphatic rings. The molecule has 0 radical (unpaired) electrons. The lowest BCUT2D eigenvalue weighted by Crippen LogP contribution is -2.41. The summed E-state index contributed by atoms with van der Waals surface area (Å²) >= 11 is 0. The van der Waals surface area contributed by atoms with Gasteiger partial charge in [-0.3, -0.25) is 9.59 Å². The van der Waals surface area contributed by atoms with Crippen LogP contribution in [0.3, 0.4) is 0 Å². The van der Waals surface area contributed by atoms with Gasteiger partial charge in [0.1, 0.15) is 5.75 Å². The Morgan fingerprint density at radius 3 is 2.82 bits per heavy atom. The molecule has 2 N–H and O–H groups in total. The Bertz CT molecular complexity index is 592. The number of ether oxygens (including phenoxy) is 1. The van der Waals surface area contributed by atoms with E-state index < -0.39 is 6.10 Å². The Hall–Kier alpha value is -1.88. The number of rotatable bonds is 3. The molecule has 0 spiro atoms. The molecule has 5 heteroatoms. The van der Waals surface area contributed by atoms with Crippen LogP contribution in [-0.2, 0) is 4.79 Å². The smallest absolute Gasteiger partial charge is 0.265 e. The lowest BCUT2D eigenvalue weighted by molar-refractivity contribution is -0.125. The Morgan fingerprint density at radius 1 is 1.32 bits per heavy atom. The lowest BCUT2D eigenvalue weighted by Gasteiger charge is -2.29. The van der Waals surface area contributed by atoms with Crippen LogP contribution in [0.2, 0.25) is 0 Å². The van der Waals surface area contributed by atoms with E-state index in [4.69, 9.17) is 4.74 Å². The third kappa shape index (κ3) is 2.86. The first kappa shape index (κ1) is 15.0. The van der Waals surface area contributed by atoms with Gasteiger partial charge < -0.3 is 15.4 Å². The van der Waals surface area contributed by atoms with Gasteiger partial charge in [0.25, 0.3) is 5.91 Å². The number of ketones is 1. The Labute approximate surface area is 130 Å². The van der Waals surface area contributed by atoms with Crippen LogP contribution in [0.15, 0.2) is 18.2 Å². The Morgan fingerprint density at radius 2 is 2.14 bits per heavy atom. The van der Waals surface area contributed by atoms with Crippen LogP contribution in [0.25, 0.3) is 0 Å². The number of benzene rings is 1. The molecule has 1 aromatic carbocycles. The van der Waals surface area contributed by atoms with Crippen LogP contribution in [0.1, 0.15) is 43.5 Å². The highest BCUT2D eigenvalue weighted by Crippen LogP contribution is 2.32. The number of hydrogen-bond donors (Lipinski definition) is 2. The molecular weight excluding hydrogens is 280 g/mol. The molecule has 1 saturated heterocycles. The highest BCUT2D eigenvalue weighted by atomic mass is 16.5. The summed E-state index contributed by atoms with van der Waals surface area (Å²) in [6, 6.07) is 5.17. The van der Waals surface area contributed by atoms with Crippen molar-refractivity contribution >= 4 is 17.4 Å². The number of anilines is 1. The van der Waals surface area contributed by atoms with Gasteiger partial charge in [-0.05, 0) is 43.5 Å². The van der Waals surface area contributed by atoms with Crippen molar-refractivity contribution in [1.29, 1.82) is 0 Å². The summed E-state index contributed by atoms with van der Waals surface area (Å²) in [6.07, 6.45) is 2.58. The number of carbonyl (C=O) groups is 2. The first-order valence-electron chi connectivity index (χ1n) is 7.95. The molecule has 0 saturated carbocycles. The largest absolute Gasteiger partial charge is 0.478 e. The van der Waals surface area contributed by atoms with E-state index in [0.717, 1.165) is 25.8 Å². The first-order valence-corrected chi connectivity index (χ1v) is 7.95. The summed E-state index contributed by atoms with van der Waals surface area (Å²) < 4.78 is 5.75. The minimum absolute atomic E-state index is 0.0859. The van der Waals surface area contributed by atoms with Gasteiger partial charge in [0.05, 0.1) is 11.7 Å². The van der Waals surface area contributed by atoms with E-state index >= 15 is 0 Å². The highest BCUT2D eigenvalue weighted by Gasteiger charge is 2.31. The predicted molar refractivity (Wildman–Crippen MR) is 84.3 cm³/mol. The average molecular weight is 302 g/mol. The third-order valence-corrected chi connectivity index (χ3v) is 4.27. The molecule has 1 aromatic rings. The van der Waals surface area contributed by atoms with Crippen LogP contribution < -0.4 is 15.4 Å². The van der Waals surface area contributed by atoms with Crippen LogP contribution in [0.5, 0.6) is 5.75 Å². The topological polar surface area (TPSA) is 67.4 Å². The van der Waals surface area contributed by atoms with Crippen molar-refractivity contribution < 1.29 is 14.3 Å². The first-order chi connectivity index (χ1) is 10.6. The predicted octanol–water partition coefficient (Wildman–Crippen LogP) is 2.37. The Kier molecular flexibility index (Phi) is 4.16. The minimum atomic E-state index is -0.478. The number of nitrogens with one attached hydrogen (secondary N) is 2. The highest BCUT2D eigenvalue weighted by molar-refractivity contribution is 6.03. The second kappa shape index (κ2) is 6.08. The van der Waals surface area contributed by atoms with E-state index in [1.807, 2.05) is 13.8 Å². The maximum Gasteiger partial charge on any atom is 0.265 e. The standard InChI is InChI=1S/C17H22N2O3/c1-10(2)16-17(21)19-13-9-11(6-7-14(13)22-16)15(20)12-5-3-4-8-18-12/h6-7,9-10,12,16,18H,3-5,8H2,1-2H3,(H,19,21). The van der Waals surface area contributed by atoms with Gasteiger partial charge in [0, 0.05) is 5.56 Å². The zero-order chi connectivity index (χ0) is 15.7. The maximum absolute atomic E-state index is 12.5. The maximum atomic E-state index is 12.5. The molecule has 2 unspecified atom stereocenters.